The fraction of sp³-hybridized carbons (Fsp3) is 0.160. The van der Waals surface area contributed by atoms with Crippen LogP contribution in [0.25, 0.3) is 10.9 Å². The average Bonchev–Trinajstić information content (AvgIpc) is 2.87. The summed E-state index contributed by atoms with van der Waals surface area (Å²) in [6.45, 7) is 1.07. The van der Waals surface area contributed by atoms with Gasteiger partial charge in [-0.2, -0.15) is 0 Å². The van der Waals surface area contributed by atoms with Crippen LogP contribution in [0.4, 0.5) is 11.5 Å². The van der Waals surface area contributed by atoms with Crippen LogP contribution in [0.1, 0.15) is 21.5 Å². The number of rotatable bonds is 5. The lowest BCUT2D eigenvalue weighted by Crippen LogP contribution is -2.37. The summed E-state index contributed by atoms with van der Waals surface area (Å²) >= 11 is -1.49. The molecule has 1 unspecified atom stereocenters. The molecule has 0 saturated heterocycles. The number of nitrogens with zero attached hydrogens (tertiary/aromatic N) is 3. The highest BCUT2D eigenvalue weighted by Gasteiger charge is 2.32. The monoisotopic (exact) mass is 458 g/mol. The van der Waals surface area contributed by atoms with Gasteiger partial charge in [0, 0.05) is 23.7 Å². The van der Waals surface area contributed by atoms with Gasteiger partial charge in [-0.1, -0.05) is 30.3 Å². The first-order valence-electron chi connectivity index (χ1n) is 10.6. The van der Waals surface area contributed by atoms with Crippen LogP contribution >= 0.6 is 0 Å². The summed E-state index contributed by atoms with van der Waals surface area (Å²) in [5.74, 6) is 0.293. The number of anilines is 2. The summed E-state index contributed by atoms with van der Waals surface area (Å²) < 4.78 is 20.1. The Labute approximate surface area is 194 Å². The minimum Gasteiger partial charge on any atom is -0.593 e. The Kier molecular flexibility index (Phi) is 5.95. The number of carbonyl (C=O) groups is 1. The number of aromatic nitrogens is 2. The van der Waals surface area contributed by atoms with Crippen molar-refractivity contribution >= 4 is 39.7 Å². The minimum absolute atomic E-state index is 0.324. The Morgan fingerprint density at radius 1 is 1.12 bits per heavy atom. The lowest BCUT2D eigenvalue weighted by atomic mass is 10.0. The minimum atomic E-state index is -1.49. The van der Waals surface area contributed by atoms with E-state index in [4.69, 9.17) is 4.74 Å². The van der Waals surface area contributed by atoms with Gasteiger partial charge in [-0.15, -0.1) is 4.31 Å². The first kappa shape index (κ1) is 21.4. The third-order valence-electron chi connectivity index (χ3n) is 5.68. The molecule has 4 aromatic rings. The first-order valence-corrected chi connectivity index (χ1v) is 11.7. The van der Waals surface area contributed by atoms with Gasteiger partial charge in [-0.25, -0.2) is 9.78 Å². The molecule has 0 bridgehead atoms. The second-order valence-electron chi connectivity index (χ2n) is 7.69. The highest BCUT2D eigenvalue weighted by molar-refractivity contribution is 7.89. The van der Waals surface area contributed by atoms with Gasteiger partial charge in [-0.3, -0.25) is 4.98 Å². The molecular formula is C25H22N4O3S. The maximum atomic E-state index is 13.3. The smallest absolute Gasteiger partial charge is 0.343 e. The van der Waals surface area contributed by atoms with E-state index >= 15 is 0 Å². The number of hydrogen-bond donors (Lipinski definition) is 1. The predicted molar refractivity (Wildman–Crippen MR) is 128 cm³/mol. The first-order chi connectivity index (χ1) is 16.1. The fourth-order valence-electron chi connectivity index (χ4n) is 4.03. The van der Waals surface area contributed by atoms with Crippen molar-refractivity contribution in [3.05, 3.63) is 89.7 Å². The fourth-order valence-corrected chi connectivity index (χ4v) is 5.35. The predicted octanol–water partition coefficient (Wildman–Crippen LogP) is 4.24. The van der Waals surface area contributed by atoms with Crippen LogP contribution in [0.15, 0.2) is 78.0 Å². The van der Waals surface area contributed by atoms with Crippen LogP contribution in [0.2, 0.25) is 0 Å². The van der Waals surface area contributed by atoms with Crippen LogP contribution in [0.3, 0.4) is 0 Å². The maximum absolute atomic E-state index is 13.3. The molecule has 0 radical (unpaired) electrons. The maximum Gasteiger partial charge on any atom is 0.343 e. The standard InChI is InChI=1S/C25H22N4O3S/c1-32-25(30)21-7-3-5-9-23(21)33(31)29-13-11-20-18(16-29)10-12-26-24(20)28-19-14-17-6-2-4-8-22(17)27-15-19/h2-10,12,14-15H,11,13,16H2,1H3,(H,26,28). The number of esters is 1. The van der Waals surface area contributed by atoms with Crippen molar-refractivity contribution in [1.82, 2.24) is 14.3 Å². The number of nitrogens with one attached hydrogen (secondary N) is 1. The van der Waals surface area contributed by atoms with E-state index < -0.39 is 17.3 Å². The summed E-state index contributed by atoms with van der Waals surface area (Å²) in [5, 5.41) is 4.46. The molecule has 0 fully saturated rings. The van der Waals surface area contributed by atoms with E-state index in [1.807, 2.05) is 34.6 Å². The van der Waals surface area contributed by atoms with Crippen molar-refractivity contribution in [2.75, 3.05) is 19.0 Å². The van der Waals surface area contributed by atoms with Crippen LogP contribution in [0.5, 0.6) is 0 Å². The zero-order chi connectivity index (χ0) is 22.8. The van der Waals surface area contributed by atoms with E-state index in [0.29, 0.717) is 30.0 Å². The van der Waals surface area contributed by atoms with E-state index in [2.05, 4.69) is 21.4 Å². The van der Waals surface area contributed by atoms with Crippen molar-refractivity contribution in [2.45, 2.75) is 17.9 Å². The molecule has 8 heteroatoms. The van der Waals surface area contributed by atoms with Crippen molar-refractivity contribution in [2.24, 2.45) is 0 Å². The van der Waals surface area contributed by atoms with Crippen LogP contribution in [-0.4, -0.2) is 38.4 Å². The van der Waals surface area contributed by atoms with Gasteiger partial charge >= 0.3 is 5.97 Å². The molecule has 2 aromatic carbocycles. The zero-order valence-corrected chi connectivity index (χ0v) is 18.8. The molecule has 0 amide bonds. The molecule has 3 heterocycles. The van der Waals surface area contributed by atoms with Gasteiger partial charge in [0.05, 0.1) is 42.4 Å². The number of ether oxygens (including phenoxy) is 1. The molecular weight excluding hydrogens is 436 g/mol. The highest BCUT2D eigenvalue weighted by Crippen LogP contribution is 2.31. The normalized spacial score (nSPS) is 14.5. The van der Waals surface area contributed by atoms with Crippen LogP contribution in [-0.2, 0) is 29.1 Å². The van der Waals surface area contributed by atoms with Gasteiger partial charge in [-0.05, 0) is 42.3 Å². The molecule has 166 valence electrons. The number of hydrogen-bond acceptors (Lipinski definition) is 7. The molecule has 1 atom stereocenters. The molecule has 33 heavy (non-hydrogen) atoms. The molecule has 0 aliphatic carbocycles. The molecule has 7 nitrogen and oxygen atoms in total. The van der Waals surface area contributed by atoms with Crippen molar-refractivity contribution in [3.63, 3.8) is 0 Å². The highest BCUT2D eigenvalue weighted by atomic mass is 32.2. The molecule has 1 N–H and O–H groups in total. The van der Waals surface area contributed by atoms with Crippen LogP contribution < -0.4 is 5.32 Å². The Bertz CT molecular complexity index is 1330. The van der Waals surface area contributed by atoms with E-state index in [-0.39, 0.29) is 0 Å². The lowest BCUT2D eigenvalue weighted by molar-refractivity contribution is 0.0596. The third-order valence-corrected chi connectivity index (χ3v) is 7.19. The number of methoxy groups -OCH3 is 1. The van der Waals surface area contributed by atoms with Gasteiger partial charge in [0.2, 0.25) is 0 Å². The Balaban J connectivity index is 1.38. The second-order valence-corrected chi connectivity index (χ2v) is 9.14. The van der Waals surface area contributed by atoms with E-state index in [9.17, 15) is 9.35 Å². The average molecular weight is 459 g/mol. The topological polar surface area (TPSA) is 90.4 Å². The molecule has 0 saturated carbocycles. The van der Waals surface area contributed by atoms with Crippen molar-refractivity contribution in [3.8, 4) is 0 Å². The summed E-state index contributed by atoms with van der Waals surface area (Å²) in [5.41, 5.74) is 4.28. The van der Waals surface area contributed by atoms with E-state index in [1.165, 1.54) is 7.11 Å². The molecule has 2 aromatic heterocycles. The molecule has 1 aliphatic heterocycles. The summed E-state index contributed by atoms with van der Waals surface area (Å²) in [6, 6.07) is 18.8. The molecule has 1 aliphatic rings. The Hall–Kier alpha value is -3.46. The number of benzene rings is 2. The quantitative estimate of drug-likeness (QED) is 0.353. The van der Waals surface area contributed by atoms with Gasteiger partial charge in [0.25, 0.3) is 0 Å². The van der Waals surface area contributed by atoms with Crippen LogP contribution in [0, 0.1) is 0 Å². The third kappa shape index (κ3) is 4.28. The summed E-state index contributed by atoms with van der Waals surface area (Å²) in [7, 11) is 1.33. The van der Waals surface area contributed by atoms with Crippen molar-refractivity contribution in [1.29, 1.82) is 0 Å². The SMILES string of the molecule is COC(=O)c1ccccc1[S+]([O-])N1CCc2c(ccnc2Nc2cnc3ccccc3c2)C1. The van der Waals surface area contributed by atoms with Crippen molar-refractivity contribution < 1.29 is 14.1 Å². The molecule has 5 rings (SSSR count). The molecule has 0 spiro atoms. The number of para-hydroxylation sites is 1. The van der Waals surface area contributed by atoms with E-state index in [0.717, 1.165) is 33.5 Å². The largest absolute Gasteiger partial charge is 0.593 e. The zero-order valence-electron chi connectivity index (χ0n) is 18.0. The summed E-state index contributed by atoms with van der Waals surface area (Å²) in [6.07, 6.45) is 4.24. The van der Waals surface area contributed by atoms with Gasteiger partial charge < -0.3 is 14.6 Å². The summed E-state index contributed by atoms with van der Waals surface area (Å²) in [4.78, 5) is 21.6. The number of pyridine rings is 2. The Morgan fingerprint density at radius 2 is 1.94 bits per heavy atom. The van der Waals surface area contributed by atoms with E-state index in [1.54, 1.807) is 36.7 Å². The second kappa shape index (κ2) is 9.19. The van der Waals surface area contributed by atoms with Gasteiger partial charge in [0.1, 0.15) is 11.4 Å². The number of carbonyl (C=O) groups excluding carboxylic acids is 1. The number of fused-ring (bicyclic) bond motifs is 2. The van der Waals surface area contributed by atoms with Gasteiger partial charge in [0.15, 0.2) is 4.90 Å². The lowest BCUT2D eigenvalue weighted by Gasteiger charge is -2.30. The Morgan fingerprint density at radius 3 is 2.82 bits per heavy atom.